The van der Waals surface area contributed by atoms with Crippen molar-refractivity contribution in [3.8, 4) is 0 Å². The Balaban J connectivity index is 0.00000112. The Kier molecular flexibility index (Phi) is 5.10. The van der Waals surface area contributed by atoms with Gasteiger partial charge in [0.25, 0.3) is 0 Å². The Bertz CT molecular complexity index is 307. The summed E-state index contributed by atoms with van der Waals surface area (Å²) in [6.45, 7) is 0.768. The summed E-state index contributed by atoms with van der Waals surface area (Å²) < 4.78 is 0.887. The molecule has 1 fully saturated rings. The first-order chi connectivity index (χ1) is 6.77. The van der Waals surface area contributed by atoms with E-state index >= 15 is 0 Å². The first-order valence-electron chi connectivity index (χ1n) is 5.23. The molecule has 1 aliphatic rings. The lowest BCUT2D eigenvalue weighted by Crippen LogP contribution is -2.36. The summed E-state index contributed by atoms with van der Waals surface area (Å²) in [5.74, 6) is 0. The van der Waals surface area contributed by atoms with Crippen LogP contribution in [-0.4, -0.2) is 6.54 Å². The van der Waals surface area contributed by atoms with Gasteiger partial charge in [-0.25, -0.2) is 0 Å². The second-order valence-corrected chi connectivity index (χ2v) is 5.86. The Morgan fingerprint density at radius 3 is 2.40 bits per heavy atom. The van der Waals surface area contributed by atoms with Crippen molar-refractivity contribution >= 4 is 39.9 Å². The van der Waals surface area contributed by atoms with E-state index in [2.05, 4.69) is 6.07 Å². The summed E-state index contributed by atoms with van der Waals surface area (Å²) in [4.78, 5) is 1.39. The summed E-state index contributed by atoms with van der Waals surface area (Å²) in [7, 11) is 0. The van der Waals surface area contributed by atoms with Gasteiger partial charge < -0.3 is 5.73 Å². The molecule has 0 bridgehead atoms. The van der Waals surface area contributed by atoms with E-state index in [0.29, 0.717) is 0 Å². The summed E-state index contributed by atoms with van der Waals surface area (Å²) in [5, 5.41) is 0. The summed E-state index contributed by atoms with van der Waals surface area (Å²) in [5.41, 5.74) is 6.19. The second-order valence-electron chi connectivity index (χ2n) is 4.15. The molecule has 1 aliphatic carbocycles. The number of thiophene rings is 1. The van der Waals surface area contributed by atoms with Crippen molar-refractivity contribution in [3.05, 3.63) is 21.3 Å². The van der Waals surface area contributed by atoms with E-state index in [0.717, 1.165) is 10.9 Å². The van der Waals surface area contributed by atoms with E-state index in [4.69, 9.17) is 17.3 Å². The average molecular weight is 311 g/mol. The van der Waals surface area contributed by atoms with Gasteiger partial charge in [-0.05, 0) is 25.0 Å². The van der Waals surface area contributed by atoms with Gasteiger partial charge in [0.1, 0.15) is 0 Å². The minimum absolute atomic E-state index is 0. The van der Waals surface area contributed by atoms with Crippen molar-refractivity contribution in [2.45, 2.75) is 37.5 Å². The Morgan fingerprint density at radius 2 is 1.93 bits per heavy atom. The van der Waals surface area contributed by atoms with Gasteiger partial charge >= 0.3 is 0 Å². The zero-order chi connectivity index (χ0) is 10.0. The molecule has 1 saturated carbocycles. The molecular weight excluding hydrogens is 294 g/mol. The number of hydrogen-bond donors (Lipinski definition) is 1. The zero-order valence-corrected chi connectivity index (χ0v) is 12.0. The van der Waals surface area contributed by atoms with Crippen LogP contribution in [0.3, 0.4) is 0 Å². The molecule has 0 radical (unpaired) electrons. The maximum Gasteiger partial charge on any atom is 0.0931 e. The van der Waals surface area contributed by atoms with Crippen LogP contribution < -0.4 is 5.73 Å². The molecule has 0 aliphatic heterocycles. The summed E-state index contributed by atoms with van der Waals surface area (Å²) in [6, 6.07) is 4.15. The molecule has 2 N–H and O–H groups in total. The van der Waals surface area contributed by atoms with Crippen molar-refractivity contribution in [2.75, 3.05) is 6.54 Å². The highest BCUT2D eigenvalue weighted by Gasteiger charge is 2.33. The van der Waals surface area contributed by atoms with Gasteiger partial charge in [-0.15, -0.1) is 28.3 Å². The maximum atomic E-state index is 5.98. The second kappa shape index (κ2) is 5.67. The molecule has 0 unspecified atom stereocenters. The van der Waals surface area contributed by atoms with Crippen LogP contribution in [0.25, 0.3) is 0 Å². The lowest BCUT2D eigenvalue weighted by atomic mass is 9.73. The van der Waals surface area contributed by atoms with E-state index in [1.807, 2.05) is 6.07 Å². The van der Waals surface area contributed by atoms with Gasteiger partial charge in [0.05, 0.1) is 4.34 Å². The molecule has 1 aromatic heterocycles. The van der Waals surface area contributed by atoms with Crippen molar-refractivity contribution in [2.24, 2.45) is 5.73 Å². The van der Waals surface area contributed by atoms with E-state index in [1.165, 1.54) is 37.0 Å². The zero-order valence-electron chi connectivity index (χ0n) is 8.67. The molecule has 86 valence electrons. The lowest BCUT2D eigenvalue weighted by molar-refractivity contribution is 0.306. The van der Waals surface area contributed by atoms with E-state index in [9.17, 15) is 0 Å². The summed E-state index contributed by atoms with van der Waals surface area (Å²) >= 11 is 7.68. The normalized spacial score (nSPS) is 19.6. The van der Waals surface area contributed by atoms with Crippen molar-refractivity contribution in [1.82, 2.24) is 0 Å². The Hall–Kier alpha value is 0.430. The van der Waals surface area contributed by atoms with Crippen molar-refractivity contribution in [1.29, 1.82) is 0 Å². The third-order valence-corrected chi connectivity index (χ3v) is 4.77. The number of hydrogen-bond acceptors (Lipinski definition) is 2. The van der Waals surface area contributed by atoms with Crippen LogP contribution in [0.2, 0.25) is 4.34 Å². The van der Waals surface area contributed by atoms with E-state index < -0.39 is 0 Å². The average Bonchev–Trinajstić information content (AvgIpc) is 2.66. The largest absolute Gasteiger partial charge is 0.330 e. The Labute approximate surface area is 111 Å². The molecule has 0 aromatic carbocycles. The van der Waals surface area contributed by atoms with E-state index in [1.54, 1.807) is 11.3 Å². The highest BCUT2D eigenvalue weighted by atomic mass is 79.9. The van der Waals surface area contributed by atoms with Gasteiger partial charge in [-0.1, -0.05) is 30.9 Å². The first-order valence-corrected chi connectivity index (χ1v) is 6.42. The lowest BCUT2D eigenvalue weighted by Gasteiger charge is -2.35. The minimum Gasteiger partial charge on any atom is -0.330 e. The summed E-state index contributed by atoms with van der Waals surface area (Å²) in [6.07, 6.45) is 6.46. The quantitative estimate of drug-likeness (QED) is 0.873. The van der Waals surface area contributed by atoms with Crippen LogP contribution in [0.1, 0.15) is 37.0 Å². The number of rotatable bonds is 2. The molecule has 0 saturated heterocycles. The molecule has 0 spiro atoms. The van der Waals surface area contributed by atoms with Gasteiger partial charge in [-0.3, -0.25) is 0 Å². The third kappa shape index (κ3) is 2.76. The van der Waals surface area contributed by atoms with Crippen LogP contribution in [0, 0.1) is 0 Å². The molecule has 0 amide bonds. The standard InChI is InChI=1S/C11H16ClNS.BrH/c12-10-5-4-9(14-10)11(8-13)6-2-1-3-7-11;/h4-5H,1-3,6-8,13H2;1H. The maximum absolute atomic E-state index is 5.98. The van der Waals surface area contributed by atoms with Gasteiger partial charge in [-0.2, -0.15) is 0 Å². The monoisotopic (exact) mass is 309 g/mol. The molecule has 2 rings (SSSR count). The molecular formula is C11H17BrClNS. The fourth-order valence-electron chi connectivity index (χ4n) is 2.38. The molecule has 1 nitrogen and oxygen atoms in total. The fraction of sp³-hybridized carbons (Fsp3) is 0.636. The van der Waals surface area contributed by atoms with Gasteiger partial charge in [0.2, 0.25) is 0 Å². The van der Waals surface area contributed by atoms with Crippen molar-refractivity contribution in [3.63, 3.8) is 0 Å². The first kappa shape index (κ1) is 13.5. The van der Waals surface area contributed by atoms with E-state index in [-0.39, 0.29) is 22.4 Å². The highest BCUT2D eigenvalue weighted by Crippen LogP contribution is 2.42. The molecule has 0 atom stereocenters. The van der Waals surface area contributed by atoms with Gasteiger partial charge in [0.15, 0.2) is 0 Å². The predicted octanol–water partition coefficient (Wildman–Crippen LogP) is 4.14. The number of halogens is 2. The van der Waals surface area contributed by atoms with Crippen molar-refractivity contribution < 1.29 is 0 Å². The Morgan fingerprint density at radius 1 is 1.27 bits per heavy atom. The highest BCUT2D eigenvalue weighted by molar-refractivity contribution is 8.93. The number of nitrogens with two attached hydrogens (primary N) is 1. The van der Waals surface area contributed by atoms with Crippen LogP contribution in [0.5, 0.6) is 0 Å². The molecule has 15 heavy (non-hydrogen) atoms. The molecule has 1 heterocycles. The SMILES string of the molecule is Br.NCC1(c2ccc(Cl)s2)CCCCC1. The van der Waals surface area contributed by atoms with Gasteiger partial charge in [0, 0.05) is 16.8 Å². The third-order valence-electron chi connectivity index (χ3n) is 3.30. The minimum atomic E-state index is 0. The molecule has 4 heteroatoms. The molecule has 1 aromatic rings. The smallest absolute Gasteiger partial charge is 0.0931 e. The van der Waals surface area contributed by atoms with Crippen LogP contribution in [0.15, 0.2) is 12.1 Å². The van der Waals surface area contributed by atoms with Crippen LogP contribution in [0.4, 0.5) is 0 Å². The topological polar surface area (TPSA) is 26.0 Å². The van der Waals surface area contributed by atoms with Crippen LogP contribution in [-0.2, 0) is 5.41 Å². The van der Waals surface area contributed by atoms with Crippen LogP contribution >= 0.6 is 39.9 Å². The fourth-order valence-corrected chi connectivity index (χ4v) is 3.68. The predicted molar refractivity (Wildman–Crippen MR) is 73.5 cm³/mol.